The van der Waals surface area contributed by atoms with Crippen LogP contribution < -0.4 is 4.90 Å². The summed E-state index contributed by atoms with van der Waals surface area (Å²) in [6.07, 6.45) is 0.190. The molecule has 25 heavy (non-hydrogen) atoms. The van der Waals surface area contributed by atoms with Crippen molar-refractivity contribution < 1.29 is 14.6 Å². The van der Waals surface area contributed by atoms with Gasteiger partial charge in [0.05, 0.1) is 23.9 Å². The molecule has 138 valence electrons. The van der Waals surface area contributed by atoms with Gasteiger partial charge in [-0.15, -0.1) is 0 Å². The van der Waals surface area contributed by atoms with E-state index in [1.165, 1.54) is 0 Å². The third-order valence-electron chi connectivity index (χ3n) is 5.17. The van der Waals surface area contributed by atoms with Crippen LogP contribution in [-0.2, 0) is 9.53 Å². The lowest BCUT2D eigenvalue weighted by Gasteiger charge is -2.42. The van der Waals surface area contributed by atoms with E-state index in [0.717, 1.165) is 31.9 Å². The van der Waals surface area contributed by atoms with Crippen LogP contribution in [0.25, 0.3) is 0 Å². The summed E-state index contributed by atoms with van der Waals surface area (Å²) >= 11 is 0. The zero-order valence-electron chi connectivity index (χ0n) is 15.4. The van der Waals surface area contributed by atoms with Gasteiger partial charge in [0.1, 0.15) is 5.75 Å². The van der Waals surface area contributed by atoms with E-state index >= 15 is 0 Å². The molecule has 3 rings (SSSR count). The first kappa shape index (κ1) is 18.0. The number of piperazine rings is 1. The maximum atomic E-state index is 12.9. The van der Waals surface area contributed by atoms with E-state index in [1.54, 1.807) is 6.07 Å². The Bertz CT molecular complexity index is 591. The molecule has 0 spiro atoms. The van der Waals surface area contributed by atoms with Gasteiger partial charge in [0.25, 0.3) is 0 Å². The van der Waals surface area contributed by atoms with Crippen molar-refractivity contribution in [3.63, 3.8) is 0 Å². The van der Waals surface area contributed by atoms with E-state index in [0.29, 0.717) is 18.8 Å². The van der Waals surface area contributed by atoms with Gasteiger partial charge in [-0.2, -0.15) is 0 Å². The van der Waals surface area contributed by atoms with Gasteiger partial charge in [-0.3, -0.25) is 9.69 Å². The van der Waals surface area contributed by atoms with Gasteiger partial charge in [0.2, 0.25) is 5.91 Å². The fourth-order valence-electron chi connectivity index (χ4n) is 3.86. The molecule has 0 unspecified atom stereocenters. The summed E-state index contributed by atoms with van der Waals surface area (Å²) in [6, 6.07) is 7.31. The first-order valence-electron chi connectivity index (χ1n) is 9.17. The largest absolute Gasteiger partial charge is 0.506 e. The quantitative estimate of drug-likeness (QED) is 0.899. The van der Waals surface area contributed by atoms with Gasteiger partial charge >= 0.3 is 0 Å². The topological polar surface area (TPSA) is 56.3 Å². The lowest BCUT2D eigenvalue weighted by atomic mass is 10.1. The van der Waals surface area contributed by atoms with Crippen LogP contribution in [0.15, 0.2) is 24.3 Å². The number of hydrogen-bond donors (Lipinski definition) is 1. The predicted molar refractivity (Wildman–Crippen MR) is 97.9 cm³/mol. The lowest BCUT2D eigenvalue weighted by Crippen LogP contribution is -2.57. The molecule has 2 fully saturated rings. The average Bonchev–Trinajstić information content (AvgIpc) is 2.60. The summed E-state index contributed by atoms with van der Waals surface area (Å²) < 4.78 is 5.73. The Balaban J connectivity index is 1.57. The van der Waals surface area contributed by atoms with Gasteiger partial charge in [-0.25, -0.2) is 0 Å². The molecule has 0 bridgehead atoms. The van der Waals surface area contributed by atoms with E-state index in [4.69, 9.17) is 4.74 Å². The fraction of sp³-hybridized carbons (Fsp3) is 0.632. The van der Waals surface area contributed by atoms with Gasteiger partial charge in [-0.05, 0) is 32.9 Å². The average molecular weight is 347 g/mol. The molecule has 1 aromatic rings. The molecule has 6 nitrogen and oxygen atoms in total. The number of ether oxygens (including phenoxy) is 1. The van der Waals surface area contributed by atoms with E-state index in [1.807, 2.05) is 43.9 Å². The minimum atomic E-state index is -0.121. The summed E-state index contributed by atoms with van der Waals surface area (Å²) in [6.45, 7) is 10.6. The maximum Gasteiger partial charge on any atom is 0.239 e. The van der Waals surface area contributed by atoms with Gasteiger partial charge in [-0.1, -0.05) is 12.1 Å². The molecule has 1 aromatic carbocycles. The Labute approximate surface area is 150 Å². The summed E-state index contributed by atoms with van der Waals surface area (Å²) in [5.74, 6) is 0.509. The Kier molecular flexibility index (Phi) is 5.49. The molecule has 0 saturated carbocycles. The molecular weight excluding hydrogens is 318 g/mol. The molecule has 2 heterocycles. The molecule has 2 aliphatic heterocycles. The van der Waals surface area contributed by atoms with Crippen LogP contribution in [0.1, 0.15) is 20.8 Å². The number of carbonyl (C=O) groups excluding carboxylic acids is 1. The normalized spacial score (nSPS) is 26.5. The standard InChI is InChI=1S/C19H29N3O3/c1-14-12-22(13-15(2)25-14)19(24)16(3)20-8-10-21(11-9-20)17-6-4-5-7-18(17)23/h4-7,14-16,23H,8-13H2,1-3H3/t14-,15-,16-/m1/s1. The number of anilines is 1. The van der Waals surface area contributed by atoms with Crippen molar-refractivity contribution in [2.24, 2.45) is 0 Å². The van der Waals surface area contributed by atoms with Crippen LogP contribution in [0, 0.1) is 0 Å². The highest BCUT2D eigenvalue weighted by Crippen LogP contribution is 2.27. The second-order valence-electron chi connectivity index (χ2n) is 7.19. The molecule has 1 amide bonds. The van der Waals surface area contributed by atoms with Crippen molar-refractivity contribution >= 4 is 11.6 Å². The minimum absolute atomic E-state index is 0.0952. The molecular formula is C19H29N3O3. The number of amides is 1. The Morgan fingerprint density at radius 3 is 2.32 bits per heavy atom. The summed E-state index contributed by atoms with van der Waals surface area (Å²) in [5, 5.41) is 10.0. The van der Waals surface area contributed by atoms with Crippen molar-refractivity contribution in [3.8, 4) is 5.75 Å². The molecule has 6 heteroatoms. The predicted octanol–water partition coefficient (Wildman–Crippen LogP) is 1.54. The molecule has 0 radical (unpaired) electrons. The number of para-hydroxylation sites is 2. The van der Waals surface area contributed by atoms with E-state index in [-0.39, 0.29) is 24.2 Å². The first-order valence-corrected chi connectivity index (χ1v) is 9.17. The molecule has 1 N–H and O–H groups in total. The highest BCUT2D eigenvalue weighted by molar-refractivity contribution is 5.81. The van der Waals surface area contributed by atoms with Crippen LogP contribution in [0.5, 0.6) is 5.75 Å². The number of rotatable bonds is 3. The van der Waals surface area contributed by atoms with Gasteiger partial charge < -0.3 is 19.6 Å². The van der Waals surface area contributed by atoms with Crippen LogP contribution in [0.2, 0.25) is 0 Å². The number of carbonyl (C=O) groups is 1. The molecule has 3 atom stereocenters. The number of morpholine rings is 1. The van der Waals surface area contributed by atoms with Crippen molar-refractivity contribution in [2.45, 2.75) is 39.0 Å². The molecule has 2 aliphatic rings. The van der Waals surface area contributed by atoms with E-state index in [2.05, 4.69) is 9.80 Å². The van der Waals surface area contributed by atoms with Crippen LogP contribution >= 0.6 is 0 Å². The molecule has 0 aliphatic carbocycles. The molecule has 2 saturated heterocycles. The smallest absolute Gasteiger partial charge is 0.239 e. The third-order valence-corrected chi connectivity index (χ3v) is 5.17. The van der Waals surface area contributed by atoms with Crippen LogP contribution in [0.3, 0.4) is 0 Å². The molecule has 0 aromatic heterocycles. The second kappa shape index (κ2) is 7.62. The summed E-state index contributed by atoms with van der Waals surface area (Å²) in [5.41, 5.74) is 0.872. The zero-order chi connectivity index (χ0) is 18.0. The van der Waals surface area contributed by atoms with Gasteiger partial charge in [0, 0.05) is 39.3 Å². The zero-order valence-corrected chi connectivity index (χ0v) is 15.4. The van der Waals surface area contributed by atoms with Crippen LogP contribution in [-0.4, -0.2) is 78.3 Å². The first-order chi connectivity index (χ1) is 12.0. The number of aromatic hydroxyl groups is 1. The highest BCUT2D eigenvalue weighted by atomic mass is 16.5. The van der Waals surface area contributed by atoms with Crippen LogP contribution in [0.4, 0.5) is 5.69 Å². The Morgan fingerprint density at radius 2 is 1.72 bits per heavy atom. The third kappa shape index (κ3) is 4.07. The number of nitrogens with zero attached hydrogens (tertiary/aromatic N) is 3. The number of benzene rings is 1. The summed E-state index contributed by atoms with van der Waals surface area (Å²) in [7, 11) is 0. The lowest BCUT2D eigenvalue weighted by molar-refractivity contribution is -0.148. The monoisotopic (exact) mass is 347 g/mol. The number of hydrogen-bond acceptors (Lipinski definition) is 5. The fourth-order valence-corrected chi connectivity index (χ4v) is 3.86. The second-order valence-corrected chi connectivity index (χ2v) is 7.19. The number of phenolic OH excluding ortho intramolecular Hbond substituents is 1. The van der Waals surface area contributed by atoms with Gasteiger partial charge in [0.15, 0.2) is 0 Å². The van der Waals surface area contributed by atoms with Crippen molar-refractivity contribution in [3.05, 3.63) is 24.3 Å². The minimum Gasteiger partial charge on any atom is -0.506 e. The van der Waals surface area contributed by atoms with Crippen molar-refractivity contribution in [2.75, 3.05) is 44.2 Å². The maximum absolute atomic E-state index is 12.9. The Morgan fingerprint density at radius 1 is 1.12 bits per heavy atom. The SMILES string of the molecule is C[C@@H]1CN(C(=O)[C@@H](C)N2CCN(c3ccccc3O)CC2)C[C@@H](C)O1. The van der Waals surface area contributed by atoms with Crippen molar-refractivity contribution in [1.82, 2.24) is 9.80 Å². The Hall–Kier alpha value is -1.79. The highest BCUT2D eigenvalue weighted by Gasteiger charge is 2.32. The van der Waals surface area contributed by atoms with Crippen molar-refractivity contribution in [1.29, 1.82) is 0 Å². The van der Waals surface area contributed by atoms with E-state index in [9.17, 15) is 9.90 Å². The number of phenols is 1. The summed E-state index contributed by atoms with van der Waals surface area (Å²) in [4.78, 5) is 19.2. The van der Waals surface area contributed by atoms with E-state index < -0.39 is 0 Å².